The van der Waals surface area contributed by atoms with Gasteiger partial charge in [0.2, 0.25) is 15.9 Å². The fourth-order valence-corrected chi connectivity index (χ4v) is 6.23. The maximum atomic E-state index is 13.5. The molecule has 40 heavy (non-hydrogen) atoms. The smallest absolute Gasteiger partial charge is 0.243 e. The average Bonchev–Trinajstić information content (AvgIpc) is 3.35. The van der Waals surface area contributed by atoms with Gasteiger partial charge in [-0.3, -0.25) is 4.79 Å². The highest BCUT2D eigenvalue weighted by Crippen LogP contribution is 2.26. The Morgan fingerprint density at radius 1 is 0.900 bits per heavy atom. The zero-order valence-electron chi connectivity index (χ0n) is 21.5. The zero-order valence-corrected chi connectivity index (χ0v) is 23.8. The summed E-state index contributed by atoms with van der Waals surface area (Å²) >= 11 is 12.2. The number of furan rings is 1. The molecule has 0 saturated carbocycles. The second-order valence-electron chi connectivity index (χ2n) is 9.28. The van der Waals surface area contributed by atoms with Gasteiger partial charge in [-0.1, -0.05) is 41.4 Å². The molecule has 1 amide bonds. The van der Waals surface area contributed by atoms with Crippen LogP contribution in [0.15, 0.2) is 88.4 Å². The number of aromatic nitrogens is 2. The van der Waals surface area contributed by atoms with Crippen LogP contribution in [0.2, 0.25) is 10.0 Å². The molecular formula is C28H27Cl2N5O4S. The Labute approximate surface area is 243 Å². The minimum Gasteiger partial charge on any atom is -0.468 e. The Kier molecular flexibility index (Phi) is 8.70. The van der Waals surface area contributed by atoms with Gasteiger partial charge in [0.25, 0.3) is 0 Å². The normalized spacial score (nSPS) is 14.4. The standard InChI is InChI=1S/C28H27Cl2N5O4S/c29-21-8-10-23(11-9-21)40(37,38)35(19-22-5-3-18-39-22)20-28(36)34-15-4-14-33(16-17-34)27-13-12-26(31-32-27)24-6-1-2-7-25(24)30/h1-3,5-13,18H,4,14-17,19-20H2. The topological polar surface area (TPSA) is 99.8 Å². The third kappa shape index (κ3) is 6.47. The van der Waals surface area contributed by atoms with Crippen LogP contribution >= 0.6 is 23.2 Å². The van der Waals surface area contributed by atoms with Crippen LogP contribution < -0.4 is 4.90 Å². The molecule has 0 atom stereocenters. The number of halogens is 2. The zero-order chi connectivity index (χ0) is 28.1. The van der Waals surface area contributed by atoms with Crippen LogP contribution in [-0.4, -0.2) is 66.5 Å². The number of hydrogen-bond acceptors (Lipinski definition) is 7. The van der Waals surface area contributed by atoms with Crippen LogP contribution in [0.4, 0.5) is 5.82 Å². The van der Waals surface area contributed by atoms with E-state index in [2.05, 4.69) is 15.1 Å². The predicted molar refractivity (Wildman–Crippen MR) is 154 cm³/mol. The second kappa shape index (κ2) is 12.4. The Bertz CT molecular complexity index is 1550. The van der Waals surface area contributed by atoms with Gasteiger partial charge in [0.15, 0.2) is 5.82 Å². The second-order valence-corrected chi connectivity index (χ2v) is 12.1. The molecule has 0 unspecified atom stereocenters. The lowest BCUT2D eigenvalue weighted by Crippen LogP contribution is -2.44. The molecule has 0 N–H and O–H groups in total. The van der Waals surface area contributed by atoms with E-state index in [4.69, 9.17) is 27.6 Å². The van der Waals surface area contributed by atoms with Crippen molar-refractivity contribution in [3.8, 4) is 11.3 Å². The Balaban J connectivity index is 1.27. The van der Waals surface area contributed by atoms with Crippen molar-refractivity contribution in [2.75, 3.05) is 37.6 Å². The van der Waals surface area contributed by atoms with Crippen molar-refractivity contribution in [3.63, 3.8) is 0 Å². The van der Waals surface area contributed by atoms with Crippen molar-refractivity contribution < 1.29 is 17.6 Å². The quantitative estimate of drug-likeness (QED) is 0.282. The lowest BCUT2D eigenvalue weighted by Gasteiger charge is -2.26. The third-order valence-corrected chi connectivity index (χ3v) is 9.04. The first-order chi connectivity index (χ1) is 19.3. The van der Waals surface area contributed by atoms with Gasteiger partial charge in [-0.25, -0.2) is 8.42 Å². The average molecular weight is 601 g/mol. The molecule has 1 fully saturated rings. The highest BCUT2D eigenvalue weighted by Gasteiger charge is 2.30. The maximum Gasteiger partial charge on any atom is 0.243 e. The molecule has 1 aliphatic rings. The summed E-state index contributed by atoms with van der Waals surface area (Å²) < 4.78 is 33.5. The summed E-state index contributed by atoms with van der Waals surface area (Å²) in [4.78, 5) is 17.2. The molecule has 1 saturated heterocycles. The Morgan fingerprint density at radius 3 is 2.40 bits per heavy atom. The fraction of sp³-hybridized carbons (Fsp3) is 0.250. The van der Waals surface area contributed by atoms with Gasteiger partial charge in [-0.05, 0) is 61.0 Å². The highest BCUT2D eigenvalue weighted by molar-refractivity contribution is 7.89. The number of carbonyl (C=O) groups excluding carboxylic acids is 1. The van der Waals surface area contributed by atoms with E-state index in [1.165, 1.54) is 30.5 Å². The van der Waals surface area contributed by atoms with Gasteiger partial charge in [0, 0.05) is 36.8 Å². The molecule has 1 aliphatic heterocycles. The van der Waals surface area contributed by atoms with Crippen LogP contribution in [0.5, 0.6) is 0 Å². The van der Waals surface area contributed by atoms with E-state index in [-0.39, 0.29) is 23.9 Å². The summed E-state index contributed by atoms with van der Waals surface area (Å²) in [5.74, 6) is 0.854. The maximum absolute atomic E-state index is 13.5. The first kappa shape index (κ1) is 28.1. The number of anilines is 1. The van der Waals surface area contributed by atoms with E-state index < -0.39 is 10.0 Å². The lowest BCUT2D eigenvalue weighted by atomic mass is 10.1. The molecule has 4 aromatic rings. The number of amides is 1. The molecular weight excluding hydrogens is 573 g/mol. The van der Waals surface area contributed by atoms with E-state index in [9.17, 15) is 13.2 Å². The third-order valence-electron chi connectivity index (χ3n) is 6.65. The van der Waals surface area contributed by atoms with E-state index in [0.29, 0.717) is 59.9 Å². The monoisotopic (exact) mass is 599 g/mol. The summed E-state index contributed by atoms with van der Waals surface area (Å²) in [7, 11) is -3.99. The minimum absolute atomic E-state index is 0.0529. The molecule has 9 nitrogen and oxygen atoms in total. The number of carbonyl (C=O) groups is 1. The van der Waals surface area contributed by atoms with Gasteiger partial charge in [0.05, 0.1) is 35.0 Å². The number of sulfonamides is 1. The van der Waals surface area contributed by atoms with Crippen LogP contribution in [0.3, 0.4) is 0 Å². The summed E-state index contributed by atoms with van der Waals surface area (Å²) in [6.07, 6.45) is 2.17. The molecule has 3 heterocycles. The molecule has 208 valence electrons. The van der Waals surface area contributed by atoms with Crippen molar-refractivity contribution in [1.29, 1.82) is 0 Å². The largest absolute Gasteiger partial charge is 0.468 e. The van der Waals surface area contributed by atoms with Gasteiger partial charge in [0.1, 0.15) is 5.76 Å². The van der Waals surface area contributed by atoms with Gasteiger partial charge in [-0.2, -0.15) is 4.31 Å². The van der Waals surface area contributed by atoms with Crippen molar-refractivity contribution in [2.24, 2.45) is 0 Å². The first-order valence-electron chi connectivity index (χ1n) is 12.7. The van der Waals surface area contributed by atoms with Crippen LogP contribution in [-0.2, 0) is 21.4 Å². The van der Waals surface area contributed by atoms with Gasteiger partial charge in [-0.15, -0.1) is 10.2 Å². The summed E-state index contributed by atoms with van der Waals surface area (Å²) in [5.41, 5.74) is 1.49. The molecule has 5 rings (SSSR count). The molecule has 12 heteroatoms. The minimum atomic E-state index is -3.99. The number of rotatable bonds is 8. The molecule has 2 aromatic carbocycles. The van der Waals surface area contributed by atoms with Gasteiger partial charge < -0.3 is 14.2 Å². The molecule has 0 radical (unpaired) electrons. The molecule has 2 aromatic heterocycles. The molecule has 0 aliphatic carbocycles. The van der Waals surface area contributed by atoms with Gasteiger partial charge >= 0.3 is 0 Å². The van der Waals surface area contributed by atoms with E-state index >= 15 is 0 Å². The predicted octanol–water partition coefficient (Wildman–Crippen LogP) is 4.97. The van der Waals surface area contributed by atoms with Crippen LogP contribution in [0, 0.1) is 0 Å². The van der Waals surface area contributed by atoms with E-state index in [0.717, 1.165) is 9.87 Å². The van der Waals surface area contributed by atoms with Crippen LogP contribution in [0.1, 0.15) is 12.2 Å². The number of hydrogen-bond donors (Lipinski definition) is 0. The SMILES string of the molecule is O=C(CN(Cc1ccco1)S(=O)(=O)c1ccc(Cl)cc1)N1CCCN(c2ccc(-c3ccccc3Cl)nn2)CC1. The summed E-state index contributed by atoms with van der Waals surface area (Å²) in [6.45, 7) is 1.74. The number of nitrogens with zero attached hydrogens (tertiary/aromatic N) is 5. The Hall–Kier alpha value is -3.44. The molecule has 0 spiro atoms. The number of benzene rings is 2. The van der Waals surface area contributed by atoms with E-state index in [1.807, 2.05) is 36.4 Å². The van der Waals surface area contributed by atoms with Crippen molar-refractivity contribution >= 4 is 45.0 Å². The summed E-state index contributed by atoms with van der Waals surface area (Å²) in [5, 5.41) is 9.78. The first-order valence-corrected chi connectivity index (χ1v) is 14.9. The van der Waals surface area contributed by atoms with Crippen LogP contribution in [0.25, 0.3) is 11.3 Å². The molecule has 0 bridgehead atoms. The fourth-order valence-electron chi connectivity index (χ4n) is 4.51. The summed E-state index contributed by atoms with van der Waals surface area (Å²) in [6, 6.07) is 20.5. The van der Waals surface area contributed by atoms with Crippen molar-refractivity contribution in [2.45, 2.75) is 17.9 Å². The van der Waals surface area contributed by atoms with Crippen molar-refractivity contribution in [3.05, 3.63) is 94.9 Å². The lowest BCUT2D eigenvalue weighted by molar-refractivity contribution is -0.131. The van der Waals surface area contributed by atoms with Crippen molar-refractivity contribution in [1.82, 2.24) is 19.4 Å². The Morgan fingerprint density at radius 2 is 1.70 bits per heavy atom. The van der Waals surface area contributed by atoms with E-state index in [1.54, 1.807) is 17.0 Å². The highest BCUT2D eigenvalue weighted by atomic mass is 35.5.